The second-order valence-electron chi connectivity index (χ2n) is 4.44. The Labute approximate surface area is 127 Å². The van der Waals surface area contributed by atoms with E-state index in [9.17, 15) is 13.2 Å². The number of halogens is 2. The van der Waals surface area contributed by atoms with Crippen LogP contribution in [0, 0.1) is 0 Å². The maximum absolute atomic E-state index is 12.3. The summed E-state index contributed by atoms with van der Waals surface area (Å²) in [4.78, 5) is 17.7. The normalized spacial score (nSPS) is 17.2. The van der Waals surface area contributed by atoms with Crippen LogP contribution in [0.25, 0.3) is 0 Å². The minimum atomic E-state index is -3.22. The Morgan fingerprint density at radius 3 is 2.40 bits per heavy atom. The highest BCUT2D eigenvalue weighted by Crippen LogP contribution is 2.20. The minimum Gasteiger partial charge on any atom is -0.336 e. The summed E-state index contributed by atoms with van der Waals surface area (Å²) in [6, 6.07) is 1.41. The van der Waals surface area contributed by atoms with Gasteiger partial charge in [0.15, 0.2) is 0 Å². The molecule has 0 radical (unpaired) electrons. The van der Waals surface area contributed by atoms with E-state index in [2.05, 4.69) is 4.98 Å². The van der Waals surface area contributed by atoms with Crippen molar-refractivity contribution in [2.45, 2.75) is 0 Å². The molecule has 2 rings (SSSR count). The van der Waals surface area contributed by atoms with Gasteiger partial charge < -0.3 is 4.90 Å². The van der Waals surface area contributed by atoms with Crippen molar-refractivity contribution >= 4 is 39.1 Å². The van der Waals surface area contributed by atoms with Crippen LogP contribution in [0.3, 0.4) is 0 Å². The van der Waals surface area contributed by atoms with Gasteiger partial charge >= 0.3 is 0 Å². The fraction of sp³-hybridized carbons (Fsp3) is 0.455. The number of carbonyl (C=O) groups excluding carboxylic acids is 1. The topological polar surface area (TPSA) is 70.6 Å². The molecular weight excluding hydrogens is 325 g/mol. The first-order valence-electron chi connectivity index (χ1n) is 5.84. The van der Waals surface area contributed by atoms with E-state index in [0.717, 1.165) is 6.26 Å². The Morgan fingerprint density at radius 1 is 1.25 bits per heavy atom. The molecule has 20 heavy (non-hydrogen) atoms. The molecule has 0 spiro atoms. The van der Waals surface area contributed by atoms with E-state index in [0.29, 0.717) is 13.1 Å². The number of carbonyl (C=O) groups is 1. The van der Waals surface area contributed by atoms with E-state index >= 15 is 0 Å². The number of piperazine rings is 1. The Bertz CT molecular complexity index is 628. The lowest BCUT2D eigenvalue weighted by molar-refractivity contribution is 0.0698. The van der Waals surface area contributed by atoms with Gasteiger partial charge in [0.1, 0.15) is 5.15 Å². The molecule has 1 amide bonds. The molecule has 0 bridgehead atoms. The van der Waals surface area contributed by atoms with Gasteiger partial charge in [-0.2, -0.15) is 4.31 Å². The third-order valence-corrected chi connectivity index (χ3v) is 4.86. The first-order valence-corrected chi connectivity index (χ1v) is 8.45. The quantitative estimate of drug-likeness (QED) is 0.758. The zero-order valence-corrected chi connectivity index (χ0v) is 13.0. The van der Waals surface area contributed by atoms with Crippen LogP contribution in [-0.2, 0) is 10.0 Å². The van der Waals surface area contributed by atoms with Gasteiger partial charge in [0, 0.05) is 32.4 Å². The van der Waals surface area contributed by atoms with Crippen LogP contribution in [0.1, 0.15) is 10.4 Å². The first kappa shape index (κ1) is 15.5. The number of aromatic nitrogens is 1. The average molecular weight is 338 g/mol. The smallest absolute Gasteiger partial charge is 0.255 e. The van der Waals surface area contributed by atoms with Crippen molar-refractivity contribution in [1.29, 1.82) is 0 Å². The van der Waals surface area contributed by atoms with Gasteiger partial charge in [-0.05, 0) is 6.07 Å². The standard InChI is InChI=1S/C11H13Cl2N3O3S/c1-20(18,19)16-4-2-15(3-5-16)11(17)8-6-10(13)14-7-9(8)12/h6-7H,2-5H2,1H3. The van der Waals surface area contributed by atoms with Crippen LogP contribution in [0.15, 0.2) is 12.3 Å². The van der Waals surface area contributed by atoms with Crippen LogP contribution in [-0.4, -0.2) is 60.9 Å². The fourth-order valence-corrected chi connectivity index (χ4v) is 3.14. The fourth-order valence-electron chi connectivity index (χ4n) is 1.97. The summed E-state index contributed by atoms with van der Waals surface area (Å²) in [5, 5.41) is 0.414. The summed E-state index contributed by atoms with van der Waals surface area (Å²) in [6.45, 7) is 1.20. The molecule has 1 aliphatic heterocycles. The maximum Gasteiger partial charge on any atom is 0.255 e. The number of amides is 1. The van der Waals surface area contributed by atoms with Crippen molar-refractivity contribution in [1.82, 2.24) is 14.2 Å². The van der Waals surface area contributed by atoms with Crippen molar-refractivity contribution in [2.75, 3.05) is 32.4 Å². The number of hydrogen-bond acceptors (Lipinski definition) is 4. The number of sulfonamides is 1. The SMILES string of the molecule is CS(=O)(=O)N1CCN(C(=O)c2cc(Cl)ncc2Cl)CC1. The van der Waals surface area contributed by atoms with Crippen LogP contribution in [0.2, 0.25) is 10.2 Å². The molecule has 0 saturated carbocycles. The molecule has 0 N–H and O–H groups in total. The Morgan fingerprint density at radius 2 is 1.85 bits per heavy atom. The van der Waals surface area contributed by atoms with Gasteiger partial charge in [-0.15, -0.1) is 0 Å². The lowest BCUT2D eigenvalue weighted by Gasteiger charge is -2.33. The second kappa shape index (κ2) is 5.85. The monoisotopic (exact) mass is 337 g/mol. The summed E-state index contributed by atoms with van der Waals surface area (Å²) < 4.78 is 24.2. The van der Waals surface area contributed by atoms with Gasteiger partial charge in [-0.1, -0.05) is 23.2 Å². The predicted octanol–water partition coefficient (Wildman–Crippen LogP) is 1.11. The van der Waals surface area contributed by atoms with Gasteiger partial charge in [-0.25, -0.2) is 13.4 Å². The van der Waals surface area contributed by atoms with Crippen molar-refractivity contribution in [3.8, 4) is 0 Å². The van der Waals surface area contributed by atoms with Crippen LogP contribution in [0.4, 0.5) is 0 Å². The van der Waals surface area contributed by atoms with Crippen molar-refractivity contribution in [2.24, 2.45) is 0 Å². The zero-order valence-electron chi connectivity index (χ0n) is 10.7. The van der Waals surface area contributed by atoms with E-state index in [1.807, 2.05) is 0 Å². The summed E-state index contributed by atoms with van der Waals surface area (Å²) in [5.41, 5.74) is 0.277. The van der Waals surface area contributed by atoms with E-state index < -0.39 is 10.0 Å². The van der Waals surface area contributed by atoms with E-state index in [1.165, 1.54) is 16.6 Å². The largest absolute Gasteiger partial charge is 0.336 e. The lowest BCUT2D eigenvalue weighted by Crippen LogP contribution is -2.50. The molecule has 110 valence electrons. The Balaban J connectivity index is 2.11. The highest BCUT2D eigenvalue weighted by molar-refractivity contribution is 7.88. The lowest BCUT2D eigenvalue weighted by atomic mass is 10.2. The molecular formula is C11H13Cl2N3O3S. The van der Waals surface area contributed by atoms with Crippen LogP contribution < -0.4 is 0 Å². The molecule has 6 nitrogen and oxygen atoms in total. The molecule has 2 heterocycles. The van der Waals surface area contributed by atoms with Crippen molar-refractivity contribution in [3.05, 3.63) is 28.0 Å². The van der Waals surface area contributed by atoms with E-state index in [1.54, 1.807) is 4.90 Å². The summed E-state index contributed by atoms with van der Waals surface area (Å²) in [5.74, 6) is -0.271. The van der Waals surface area contributed by atoms with Gasteiger partial charge in [0.25, 0.3) is 5.91 Å². The number of pyridine rings is 1. The predicted molar refractivity (Wildman–Crippen MR) is 76.6 cm³/mol. The second-order valence-corrected chi connectivity index (χ2v) is 7.22. The first-order chi connectivity index (χ1) is 9.29. The van der Waals surface area contributed by atoms with Gasteiger partial charge in [0.05, 0.1) is 16.8 Å². The molecule has 9 heteroatoms. The van der Waals surface area contributed by atoms with Gasteiger partial charge in [0.2, 0.25) is 10.0 Å². The molecule has 0 aliphatic carbocycles. The molecule has 1 aromatic heterocycles. The highest BCUT2D eigenvalue weighted by Gasteiger charge is 2.27. The molecule has 1 aliphatic rings. The number of hydrogen-bond donors (Lipinski definition) is 0. The molecule has 0 atom stereocenters. The summed E-state index contributed by atoms with van der Waals surface area (Å²) in [6.07, 6.45) is 2.48. The molecule has 1 aromatic rings. The summed E-state index contributed by atoms with van der Waals surface area (Å²) in [7, 11) is -3.22. The Hall–Kier alpha value is -0.890. The molecule has 1 saturated heterocycles. The Kier molecular flexibility index (Phi) is 4.53. The summed E-state index contributed by atoms with van der Waals surface area (Å²) >= 11 is 11.7. The molecule has 1 fully saturated rings. The maximum atomic E-state index is 12.3. The third-order valence-electron chi connectivity index (χ3n) is 3.05. The number of nitrogens with zero attached hydrogens (tertiary/aromatic N) is 3. The van der Waals surface area contributed by atoms with Crippen LogP contribution >= 0.6 is 23.2 Å². The van der Waals surface area contributed by atoms with Gasteiger partial charge in [-0.3, -0.25) is 4.79 Å². The van der Waals surface area contributed by atoms with E-state index in [-0.39, 0.29) is 34.7 Å². The van der Waals surface area contributed by atoms with Crippen molar-refractivity contribution < 1.29 is 13.2 Å². The van der Waals surface area contributed by atoms with Crippen molar-refractivity contribution in [3.63, 3.8) is 0 Å². The minimum absolute atomic E-state index is 0.188. The van der Waals surface area contributed by atoms with Crippen LogP contribution in [0.5, 0.6) is 0 Å². The molecule has 0 unspecified atom stereocenters. The third kappa shape index (κ3) is 3.41. The average Bonchev–Trinajstić information content (AvgIpc) is 2.40. The van der Waals surface area contributed by atoms with E-state index in [4.69, 9.17) is 23.2 Å². The molecule has 0 aromatic carbocycles. The highest BCUT2D eigenvalue weighted by atomic mass is 35.5. The zero-order chi connectivity index (χ0) is 14.9. The number of rotatable bonds is 2.